The number of carboxylic acid groups (broad SMARTS) is 1. The Morgan fingerprint density at radius 2 is 2.11 bits per heavy atom. The molecule has 0 aliphatic heterocycles. The summed E-state index contributed by atoms with van der Waals surface area (Å²) in [4.78, 5) is 22.5. The Hall–Kier alpha value is -2.10. The van der Waals surface area contributed by atoms with Crippen LogP contribution in [0.15, 0.2) is 24.3 Å². The van der Waals surface area contributed by atoms with Gasteiger partial charge < -0.3 is 10.4 Å². The second kappa shape index (κ2) is 5.69. The number of hydrogen-bond acceptors (Lipinski definition) is 2. The zero-order chi connectivity index (χ0) is 13.8. The van der Waals surface area contributed by atoms with Crippen LogP contribution in [-0.4, -0.2) is 23.0 Å². The van der Waals surface area contributed by atoms with Gasteiger partial charge in [0.15, 0.2) is 0 Å². The number of carbonyl (C=O) groups excluding carboxylic acids is 1. The quantitative estimate of drug-likeness (QED) is 0.816. The fraction of sp³-hybridized carbons (Fsp3) is 0.333. The molecule has 4 heteroatoms. The first-order valence-corrected chi connectivity index (χ1v) is 6.39. The molecule has 1 aliphatic carbocycles. The van der Waals surface area contributed by atoms with Crippen LogP contribution < -0.4 is 5.32 Å². The third-order valence-corrected chi connectivity index (χ3v) is 3.39. The van der Waals surface area contributed by atoms with Crippen LogP contribution in [0.2, 0.25) is 0 Å². The highest BCUT2D eigenvalue weighted by Gasteiger charge is 2.20. The number of carbonyl (C=O) groups is 2. The monoisotopic (exact) mass is 259 g/mol. The molecule has 100 valence electrons. The zero-order valence-electron chi connectivity index (χ0n) is 10.8. The molecule has 0 heterocycles. The predicted octanol–water partition coefficient (Wildman–Crippen LogP) is 2.38. The summed E-state index contributed by atoms with van der Waals surface area (Å²) >= 11 is 0. The Balaban J connectivity index is 2.14. The average molecular weight is 259 g/mol. The van der Waals surface area contributed by atoms with E-state index >= 15 is 0 Å². The Morgan fingerprint density at radius 3 is 2.68 bits per heavy atom. The molecule has 0 radical (unpaired) electrons. The molecule has 2 N–H and O–H groups in total. The standard InChI is InChI=1S/C15H17NO3/c1-10-5-6-12(9-11(10)7-8-14(17)18)15(19)16-13-3-2-4-13/h5-9,13H,2-4H2,1H3,(H,16,19)(H,17,18)/b8-7+. The molecule has 2 rings (SSSR count). The first kappa shape index (κ1) is 13.3. The van der Waals surface area contributed by atoms with Crippen LogP contribution in [0, 0.1) is 6.92 Å². The van der Waals surface area contributed by atoms with E-state index in [2.05, 4.69) is 5.32 Å². The van der Waals surface area contributed by atoms with E-state index in [-0.39, 0.29) is 5.91 Å². The summed E-state index contributed by atoms with van der Waals surface area (Å²) in [6.45, 7) is 1.88. The molecule has 1 amide bonds. The molecule has 0 aromatic heterocycles. The smallest absolute Gasteiger partial charge is 0.328 e. The molecule has 1 saturated carbocycles. The number of amides is 1. The maximum Gasteiger partial charge on any atom is 0.328 e. The van der Waals surface area contributed by atoms with Gasteiger partial charge >= 0.3 is 5.97 Å². The third kappa shape index (κ3) is 3.44. The molecule has 19 heavy (non-hydrogen) atoms. The van der Waals surface area contributed by atoms with Gasteiger partial charge in [0.05, 0.1) is 0 Å². The molecule has 0 atom stereocenters. The summed E-state index contributed by atoms with van der Waals surface area (Å²) in [5, 5.41) is 11.6. The second-order valence-electron chi connectivity index (χ2n) is 4.84. The van der Waals surface area contributed by atoms with Gasteiger partial charge in [0, 0.05) is 17.7 Å². The lowest BCUT2D eigenvalue weighted by Gasteiger charge is -2.26. The first-order chi connectivity index (χ1) is 9.06. The summed E-state index contributed by atoms with van der Waals surface area (Å²) in [6, 6.07) is 5.62. The highest BCUT2D eigenvalue weighted by Crippen LogP contribution is 2.19. The SMILES string of the molecule is Cc1ccc(C(=O)NC2CCC2)cc1/C=C/C(=O)O. The van der Waals surface area contributed by atoms with Crippen molar-refractivity contribution >= 4 is 18.0 Å². The largest absolute Gasteiger partial charge is 0.478 e. The molecular formula is C15H17NO3. The van der Waals surface area contributed by atoms with Crippen molar-refractivity contribution in [3.05, 3.63) is 41.0 Å². The van der Waals surface area contributed by atoms with E-state index in [1.54, 1.807) is 12.1 Å². The van der Waals surface area contributed by atoms with Gasteiger partial charge in [-0.15, -0.1) is 0 Å². The Kier molecular flexibility index (Phi) is 4.00. The van der Waals surface area contributed by atoms with Gasteiger partial charge in [-0.25, -0.2) is 4.79 Å². The maximum absolute atomic E-state index is 12.0. The van der Waals surface area contributed by atoms with E-state index in [1.165, 1.54) is 12.5 Å². The van der Waals surface area contributed by atoms with E-state index < -0.39 is 5.97 Å². The van der Waals surface area contributed by atoms with Gasteiger partial charge in [-0.05, 0) is 55.5 Å². The molecule has 1 aromatic carbocycles. The van der Waals surface area contributed by atoms with Crippen LogP contribution >= 0.6 is 0 Å². The van der Waals surface area contributed by atoms with Crippen LogP contribution in [-0.2, 0) is 4.79 Å². The Morgan fingerprint density at radius 1 is 1.37 bits per heavy atom. The van der Waals surface area contributed by atoms with Crippen molar-refractivity contribution in [2.45, 2.75) is 32.2 Å². The van der Waals surface area contributed by atoms with Gasteiger partial charge in [0.25, 0.3) is 5.91 Å². The van der Waals surface area contributed by atoms with E-state index in [1.807, 2.05) is 13.0 Å². The summed E-state index contributed by atoms with van der Waals surface area (Å²) < 4.78 is 0. The molecule has 4 nitrogen and oxygen atoms in total. The minimum atomic E-state index is -0.997. The normalized spacial score (nSPS) is 15.2. The fourth-order valence-corrected chi connectivity index (χ4v) is 1.94. The molecule has 0 bridgehead atoms. The fourth-order valence-electron chi connectivity index (χ4n) is 1.94. The van der Waals surface area contributed by atoms with E-state index in [9.17, 15) is 9.59 Å². The van der Waals surface area contributed by atoms with Crippen LogP contribution in [0.1, 0.15) is 40.7 Å². The van der Waals surface area contributed by atoms with E-state index in [4.69, 9.17) is 5.11 Å². The molecule has 1 fully saturated rings. The van der Waals surface area contributed by atoms with Crippen molar-refractivity contribution in [3.63, 3.8) is 0 Å². The van der Waals surface area contributed by atoms with Gasteiger partial charge in [0.2, 0.25) is 0 Å². The van der Waals surface area contributed by atoms with Gasteiger partial charge in [-0.2, -0.15) is 0 Å². The first-order valence-electron chi connectivity index (χ1n) is 6.39. The minimum Gasteiger partial charge on any atom is -0.478 e. The van der Waals surface area contributed by atoms with Gasteiger partial charge in [0.1, 0.15) is 0 Å². The zero-order valence-corrected chi connectivity index (χ0v) is 10.8. The Bertz CT molecular complexity index is 530. The number of hydrogen-bond donors (Lipinski definition) is 2. The Labute approximate surface area is 112 Å². The maximum atomic E-state index is 12.0. The lowest BCUT2D eigenvalue weighted by Crippen LogP contribution is -2.39. The topological polar surface area (TPSA) is 66.4 Å². The van der Waals surface area contributed by atoms with Crippen LogP contribution in [0.25, 0.3) is 6.08 Å². The number of rotatable bonds is 4. The van der Waals surface area contributed by atoms with Crippen LogP contribution in [0.4, 0.5) is 0 Å². The number of aryl methyl sites for hydroxylation is 1. The molecule has 1 aromatic rings. The third-order valence-electron chi connectivity index (χ3n) is 3.39. The molecule has 0 unspecified atom stereocenters. The van der Waals surface area contributed by atoms with Gasteiger partial charge in [-0.1, -0.05) is 6.07 Å². The van der Waals surface area contributed by atoms with E-state index in [0.29, 0.717) is 11.6 Å². The summed E-state index contributed by atoms with van der Waals surface area (Å²) in [6.07, 6.45) is 5.85. The lowest BCUT2D eigenvalue weighted by atomic mass is 9.93. The van der Waals surface area contributed by atoms with Crippen molar-refractivity contribution in [3.8, 4) is 0 Å². The number of benzene rings is 1. The predicted molar refractivity (Wildman–Crippen MR) is 73.0 cm³/mol. The number of aliphatic carboxylic acids is 1. The summed E-state index contributed by atoms with van der Waals surface area (Å²) in [7, 11) is 0. The molecule has 1 aliphatic rings. The van der Waals surface area contributed by atoms with E-state index in [0.717, 1.165) is 30.0 Å². The lowest BCUT2D eigenvalue weighted by molar-refractivity contribution is -0.131. The minimum absolute atomic E-state index is 0.0883. The molecule has 0 spiro atoms. The molecular weight excluding hydrogens is 242 g/mol. The van der Waals surface area contributed by atoms with Crippen molar-refractivity contribution in [2.75, 3.05) is 0 Å². The van der Waals surface area contributed by atoms with Crippen LogP contribution in [0.3, 0.4) is 0 Å². The second-order valence-corrected chi connectivity index (χ2v) is 4.84. The van der Waals surface area contributed by atoms with Crippen molar-refractivity contribution in [1.82, 2.24) is 5.32 Å². The van der Waals surface area contributed by atoms with Crippen molar-refractivity contribution in [1.29, 1.82) is 0 Å². The number of carboxylic acids is 1. The van der Waals surface area contributed by atoms with Crippen LogP contribution in [0.5, 0.6) is 0 Å². The summed E-state index contributed by atoms with van der Waals surface area (Å²) in [5.74, 6) is -1.08. The van der Waals surface area contributed by atoms with Gasteiger partial charge in [-0.3, -0.25) is 4.79 Å². The van der Waals surface area contributed by atoms with Crippen molar-refractivity contribution in [2.24, 2.45) is 0 Å². The summed E-state index contributed by atoms with van der Waals surface area (Å²) in [5.41, 5.74) is 2.27. The highest BCUT2D eigenvalue weighted by atomic mass is 16.4. The number of nitrogens with one attached hydrogen (secondary N) is 1. The molecule has 0 saturated heterocycles. The highest BCUT2D eigenvalue weighted by molar-refractivity contribution is 5.95. The average Bonchev–Trinajstić information content (AvgIpc) is 2.32. The van der Waals surface area contributed by atoms with Crippen molar-refractivity contribution < 1.29 is 14.7 Å².